The van der Waals surface area contributed by atoms with Gasteiger partial charge in [-0.2, -0.15) is 43.9 Å². The summed E-state index contributed by atoms with van der Waals surface area (Å²) in [6.07, 6.45) is -17.0. The standard InChI is InChI=1S/C21H8F14N2O2/c22-8-3-6(20(30,31)32)17(12(25)14(8)36)38-10-2-1-5(19(27,28)29)16(11(10)24)39-18-7(21(33,34)35)4-9(23)15(37)13(18)26/h1-4H,36-37H2. The van der Waals surface area contributed by atoms with Crippen molar-refractivity contribution in [2.24, 2.45) is 0 Å². The van der Waals surface area contributed by atoms with E-state index in [2.05, 4.69) is 9.47 Å². The molecule has 3 rings (SSSR count). The van der Waals surface area contributed by atoms with E-state index in [-0.39, 0.29) is 18.2 Å². The molecule has 0 aliphatic carbocycles. The largest absolute Gasteiger partial charge is 0.450 e. The summed E-state index contributed by atoms with van der Waals surface area (Å²) in [5, 5.41) is 0. The van der Waals surface area contributed by atoms with Gasteiger partial charge in [0.15, 0.2) is 34.6 Å². The Morgan fingerprint density at radius 2 is 0.846 bits per heavy atom. The molecule has 0 amide bonds. The number of hydrogen-bond donors (Lipinski definition) is 2. The van der Waals surface area contributed by atoms with Gasteiger partial charge in [0.1, 0.15) is 39.7 Å². The average Bonchev–Trinajstić information content (AvgIpc) is 2.79. The van der Waals surface area contributed by atoms with E-state index in [0.29, 0.717) is 0 Å². The molecule has 0 bridgehead atoms. The van der Waals surface area contributed by atoms with Gasteiger partial charge in [0.05, 0.1) is 0 Å². The van der Waals surface area contributed by atoms with Gasteiger partial charge in [0, 0.05) is 0 Å². The first-order valence-electron chi connectivity index (χ1n) is 9.60. The Bertz CT molecular complexity index is 1450. The Labute approximate surface area is 206 Å². The minimum atomic E-state index is -5.72. The molecule has 0 fully saturated rings. The van der Waals surface area contributed by atoms with Gasteiger partial charge in [-0.1, -0.05) is 0 Å². The second-order valence-corrected chi connectivity index (χ2v) is 7.38. The van der Waals surface area contributed by atoms with Crippen molar-refractivity contribution in [3.05, 3.63) is 70.0 Å². The summed E-state index contributed by atoms with van der Waals surface area (Å²) in [6.45, 7) is 0. The van der Waals surface area contributed by atoms with E-state index >= 15 is 4.39 Å². The van der Waals surface area contributed by atoms with Gasteiger partial charge >= 0.3 is 18.5 Å². The SMILES string of the molecule is Nc1c(F)cc(C(F)(F)F)c(Oc2ccc(C(F)(F)F)c(Oc3c(C(F)(F)F)cc(F)c(N)c3F)c2F)c1F. The lowest BCUT2D eigenvalue weighted by Crippen LogP contribution is -2.15. The third-order valence-corrected chi connectivity index (χ3v) is 4.81. The smallest absolute Gasteiger partial charge is 0.420 e. The van der Waals surface area contributed by atoms with E-state index < -0.39 is 105 Å². The fourth-order valence-electron chi connectivity index (χ4n) is 3.00. The fourth-order valence-corrected chi connectivity index (χ4v) is 3.00. The monoisotopic (exact) mass is 586 g/mol. The summed E-state index contributed by atoms with van der Waals surface area (Å²) in [5.74, 6) is -19.6. The quantitative estimate of drug-likeness (QED) is 0.239. The molecule has 39 heavy (non-hydrogen) atoms. The van der Waals surface area contributed by atoms with Crippen molar-refractivity contribution in [3.63, 3.8) is 0 Å². The molecule has 0 spiro atoms. The van der Waals surface area contributed by atoms with Crippen LogP contribution in [-0.2, 0) is 18.5 Å². The topological polar surface area (TPSA) is 70.5 Å². The Balaban J connectivity index is 2.30. The summed E-state index contributed by atoms with van der Waals surface area (Å²) >= 11 is 0. The second kappa shape index (κ2) is 9.57. The number of nitrogen functional groups attached to an aromatic ring is 2. The van der Waals surface area contributed by atoms with Crippen LogP contribution in [0.3, 0.4) is 0 Å². The molecule has 0 aliphatic heterocycles. The van der Waals surface area contributed by atoms with Crippen molar-refractivity contribution in [1.29, 1.82) is 0 Å². The molecule has 0 unspecified atom stereocenters. The fraction of sp³-hybridized carbons (Fsp3) is 0.143. The van der Waals surface area contributed by atoms with Gasteiger partial charge in [-0.15, -0.1) is 0 Å². The molecular weight excluding hydrogens is 578 g/mol. The average molecular weight is 586 g/mol. The van der Waals surface area contributed by atoms with Crippen LogP contribution in [-0.4, -0.2) is 0 Å². The summed E-state index contributed by atoms with van der Waals surface area (Å²) in [6, 6.07) is -1.10. The van der Waals surface area contributed by atoms with Crippen LogP contribution in [0, 0.1) is 29.1 Å². The normalized spacial score (nSPS) is 12.6. The van der Waals surface area contributed by atoms with E-state index in [1.807, 2.05) is 0 Å². The summed E-state index contributed by atoms with van der Waals surface area (Å²) in [5.41, 5.74) is -0.332. The lowest BCUT2D eigenvalue weighted by molar-refractivity contribution is -0.140. The van der Waals surface area contributed by atoms with E-state index in [1.165, 1.54) is 0 Å². The second-order valence-electron chi connectivity index (χ2n) is 7.38. The van der Waals surface area contributed by atoms with Crippen molar-refractivity contribution in [2.75, 3.05) is 11.5 Å². The van der Waals surface area contributed by atoms with Crippen LogP contribution in [0.5, 0.6) is 23.0 Å². The van der Waals surface area contributed by atoms with Crippen molar-refractivity contribution < 1.29 is 70.9 Å². The zero-order valence-corrected chi connectivity index (χ0v) is 18.1. The number of ether oxygens (including phenoxy) is 2. The van der Waals surface area contributed by atoms with Crippen LogP contribution >= 0.6 is 0 Å². The van der Waals surface area contributed by atoms with E-state index in [9.17, 15) is 57.1 Å². The molecule has 0 atom stereocenters. The van der Waals surface area contributed by atoms with Crippen LogP contribution in [0.4, 0.5) is 72.8 Å². The molecule has 4 nitrogen and oxygen atoms in total. The van der Waals surface area contributed by atoms with Gasteiger partial charge in [-0.3, -0.25) is 0 Å². The molecule has 18 heteroatoms. The lowest BCUT2D eigenvalue weighted by Gasteiger charge is -2.21. The summed E-state index contributed by atoms with van der Waals surface area (Å²) < 4.78 is 200. The maximum absolute atomic E-state index is 15.1. The Hall–Kier alpha value is -4.12. The minimum Gasteiger partial charge on any atom is -0.450 e. The minimum absolute atomic E-state index is 0.0375. The third-order valence-electron chi connectivity index (χ3n) is 4.81. The highest BCUT2D eigenvalue weighted by atomic mass is 19.4. The van der Waals surface area contributed by atoms with E-state index in [1.54, 1.807) is 0 Å². The number of anilines is 2. The van der Waals surface area contributed by atoms with Gasteiger partial charge in [-0.25, -0.2) is 17.6 Å². The molecule has 3 aromatic rings. The van der Waals surface area contributed by atoms with Crippen LogP contribution in [0.15, 0.2) is 24.3 Å². The number of hydrogen-bond acceptors (Lipinski definition) is 4. The molecule has 0 saturated carbocycles. The number of alkyl halides is 9. The van der Waals surface area contributed by atoms with Crippen molar-refractivity contribution in [3.8, 4) is 23.0 Å². The Morgan fingerprint density at radius 3 is 1.23 bits per heavy atom. The Morgan fingerprint density at radius 1 is 0.487 bits per heavy atom. The van der Waals surface area contributed by atoms with Gasteiger partial charge in [-0.05, 0) is 24.3 Å². The molecule has 0 saturated heterocycles. The zero-order valence-electron chi connectivity index (χ0n) is 18.1. The molecule has 3 aromatic carbocycles. The first-order valence-corrected chi connectivity index (χ1v) is 9.60. The molecule has 0 heterocycles. The van der Waals surface area contributed by atoms with Gasteiger partial charge < -0.3 is 20.9 Å². The molecule has 0 aliphatic rings. The highest BCUT2D eigenvalue weighted by Crippen LogP contribution is 2.49. The number of halogens is 14. The van der Waals surface area contributed by atoms with E-state index in [4.69, 9.17) is 11.5 Å². The first-order chi connectivity index (χ1) is 17.7. The first kappa shape index (κ1) is 29.4. The van der Waals surface area contributed by atoms with Gasteiger partial charge in [0.2, 0.25) is 5.82 Å². The van der Waals surface area contributed by atoms with Gasteiger partial charge in [0.25, 0.3) is 0 Å². The number of rotatable bonds is 4. The van der Waals surface area contributed by atoms with Crippen LogP contribution in [0.25, 0.3) is 0 Å². The highest BCUT2D eigenvalue weighted by Gasteiger charge is 2.43. The lowest BCUT2D eigenvalue weighted by atomic mass is 10.1. The zero-order chi connectivity index (χ0) is 29.8. The predicted molar refractivity (Wildman–Crippen MR) is 103 cm³/mol. The number of nitrogens with two attached hydrogens (primary N) is 2. The third kappa shape index (κ3) is 5.53. The molecule has 4 N–H and O–H groups in total. The summed E-state index contributed by atoms with van der Waals surface area (Å²) in [7, 11) is 0. The molecular formula is C21H8F14N2O2. The Kier molecular flexibility index (Phi) is 7.22. The van der Waals surface area contributed by atoms with E-state index in [0.717, 1.165) is 0 Å². The maximum atomic E-state index is 15.1. The van der Waals surface area contributed by atoms with Crippen LogP contribution in [0.2, 0.25) is 0 Å². The molecule has 0 aromatic heterocycles. The van der Waals surface area contributed by atoms with Crippen molar-refractivity contribution >= 4 is 11.4 Å². The predicted octanol–water partition coefficient (Wildman–Crippen LogP) is 8.19. The number of benzene rings is 3. The molecule has 212 valence electrons. The van der Waals surface area contributed by atoms with Crippen molar-refractivity contribution in [1.82, 2.24) is 0 Å². The maximum Gasteiger partial charge on any atom is 0.420 e. The van der Waals surface area contributed by atoms with Crippen LogP contribution in [0.1, 0.15) is 16.7 Å². The van der Waals surface area contributed by atoms with Crippen molar-refractivity contribution in [2.45, 2.75) is 18.5 Å². The van der Waals surface area contributed by atoms with Crippen LogP contribution < -0.4 is 20.9 Å². The highest BCUT2D eigenvalue weighted by molar-refractivity contribution is 5.57. The molecule has 0 radical (unpaired) electrons. The summed E-state index contributed by atoms with van der Waals surface area (Å²) in [4.78, 5) is 0.